The molecule has 4 heteroatoms. The summed E-state index contributed by atoms with van der Waals surface area (Å²) >= 11 is 1.74. The molecular weight excluding hydrogens is 306 g/mol. The lowest BCUT2D eigenvalue weighted by Crippen LogP contribution is -2.28. The molecule has 23 heavy (non-hydrogen) atoms. The number of nitrogens with one attached hydrogen (secondary N) is 1. The summed E-state index contributed by atoms with van der Waals surface area (Å²) in [5.41, 5.74) is 1.02. The van der Waals surface area contributed by atoms with Crippen molar-refractivity contribution in [3.05, 3.63) is 82.4 Å². The van der Waals surface area contributed by atoms with Crippen molar-refractivity contribution in [2.24, 2.45) is 0 Å². The molecule has 0 fully saturated rings. The lowest BCUT2D eigenvalue weighted by molar-refractivity contribution is -0.121. The molecule has 0 spiro atoms. The van der Waals surface area contributed by atoms with E-state index in [-0.39, 0.29) is 11.9 Å². The van der Waals surface area contributed by atoms with Crippen LogP contribution in [-0.2, 0) is 11.2 Å². The van der Waals surface area contributed by atoms with Gasteiger partial charge in [0.25, 0.3) is 0 Å². The average molecular weight is 325 g/mol. The Morgan fingerprint density at radius 2 is 1.96 bits per heavy atom. The van der Waals surface area contributed by atoms with E-state index in [9.17, 15) is 4.79 Å². The smallest absolute Gasteiger partial charge is 0.220 e. The van der Waals surface area contributed by atoms with Crippen LogP contribution in [0.25, 0.3) is 0 Å². The van der Waals surface area contributed by atoms with Gasteiger partial charge in [-0.2, -0.15) is 0 Å². The fraction of sp³-hybridized carbons (Fsp3) is 0.211. The van der Waals surface area contributed by atoms with E-state index < -0.39 is 0 Å². The number of rotatable bonds is 7. The molecule has 118 valence electrons. The van der Waals surface area contributed by atoms with E-state index in [0.717, 1.165) is 24.2 Å². The summed E-state index contributed by atoms with van der Waals surface area (Å²) in [6.45, 7) is 0. The molecule has 0 aliphatic heterocycles. The molecular formula is C19H19NO2S. The topological polar surface area (TPSA) is 42.2 Å². The third kappa shape index (κ3) is 4.33. The van der Waals surface area contributed by atoms with Gasteiger partial charge in [0, 0.05) is 11.3 Å². The highest BCUT2D eigenvalue weighted by molar-refractivity contribution is 7.09. The van der Waals surface area contributed by atoms with Gasteiger partial charge in [0.1, 0.15) is 11.8 Å². The number of hydrogen-bond acceptors (Lipinski definition) is 3. The van der Waals surface area contributed by atoms with E-state index in [1.165, 1.54) is 4.88 Å². The minimum absolute atomic E-state index is 0.0480. The molecule has 0 aliphatic rings. The molecule has 0 bridgehead atoms. The molecule has 1 unspecified atom stereocenters. The van der Waals surface area contributed by atoms with Gasteiger partial charge < -0.3 is 9.73 Å². The first kappa shape index (κ1) is 15.6. The summed E-state index contributed by atoms with van der Waals surface area (Å²) in [6, 6.07) is 17.5. The van der Waals surface area contributed by atoms with Crippen LogP contribution < -0.4 is 5.32 Å². The third-order valence-corrected chi connectivity index (χ3v) is 4.61. The van der Waals surface area contributed by atoms with E-state index >= 15 is 0 Å². The average Bonchev–Trinajstić information content (AvgIpc) is 3.27. The van der Waals surface area contributed by atoms with Crippen LogP contribution in [0.1, 0.15) is 35.1 Å². The fourth-order valence-corrected chi connectivity index (χ4v) is 3.28. The molecule has 3 aromatic rings. The van der Waals surface area contributed by atoms with Gasteiger partial charge in [0.05, 0.1) is 6.26 Å². The number of carbonyl (C=O) groups excluding carboxylic acids is 1. The predicted molar refractivity (Wildman–Crippen MR) is 92.4 cm³/mol. The Kier molecular flexibility index (Phi) is 5.27. The van der Waals surface area contributed by atoms with Crippen molar-refractivity contribution in [1.29, 1.82) is 0 Å². The first-order valence-corrected chi connectivity index (χ1v) is 8.61. The van der Waals surface area contributed by atoms with Gasteiger partial charge in [-0.25, -0.2) is 0 Å². The zero-order valence-electron chi connectivity index (χ0n) is 12.8. The quantitative estimate of drug-likeness (QED) is 0.691. The van der Waals surface area contributed by atoms with Crippen molar-refractivity contribution >= 4 is 17.2 Å². The van der Waals surface area contributed by atoms with Crippen molar-refractivity contribution in [2.75, 3.05) is 0 Å². The van der Waals surface area contributed by atoms with E-state index in [0.29, 0.717) is 6.42 Å². The van der Waals surface area contributed by atoms with Crippen LogP contribution in [0.3, 0.4) is 0 Å². The molecule has 2 heterocycles. The number of hydrogen-bond donors (Lipinski definition) is 1. The number of furan rings is 1. The van der Waals surface area contributed by atoms with Crippen LogP contribution in [0.5, 0.6) is 0 Å². The van der Waals surface area contributed by atoms with Gasteiger partial charge in [0.15, 0.2) is 0 Å². The number of thiophene rings is 1. The van der Waals surface area contributed by atoms with Gasteiger partial charge in [-0.05, 0) is 42.0 Å². The third-order valence-electron chi connectivity index (χ3n) is 3.67. The maximum absolute atomic E-state index is 12.3. The van der Waals surface area contributed by atoms with Crippen molar-refractivity contribution in [2.45, 2.75) is 25.3 Å². The predicted octanol–water partition coefficient (Wildman–Crippen LogP) is 4.57. The molecule has 0 radical (unpaired) electrons. The molecule has 1 amide bonds. The van der Waals surface area contributed by atoms with Crippen LogP contribution in [0.4, 0.5) is 0 Å². The summed E-state index contributed by atoms with van der Waals surface area (Å²) in [6.07, 6.45) is 3.95. The van der Waals surface area contributed by atoms with E-state index in [1.807, 2.05) is 48.5 Å². The lowest BCUT2D eigenvalue weighted by Gasteiger charge is -2.17. The Morgan fingerprint density at radius 1 is 1.09 bits per heavy atom. The normalized spacial score (nSPS) is 12.0. The van der Waals surface area contributed by atoms with Crippen LogP contribution in [0, 0.1) is 0 Å². The molecule has 1 N–H and O–H groups in total. The van der Waals surface area contributed by atoms with Crippen molar-refractivity contribution in [1.82, 2.24) is 5.32 Å². The van der Waals surface area contributed by atoms with Crippen molar-refractivity contribution in [3.8, 4) is 0 Å². The minimum Gasteiger partial charge on any atom is -0.467 e. The minimum atomic E-state index is -0.236. The molecule has 1 aromatic carbocycles. The lowest BCUT2D eigenvalue weighted by atomic mass is 10.0. The van der Waals surface area contributed by atoms with Gasteiger partial charge >= 0.3 is 0 Å². The Labute approximate surface area is 140 Å². The molecule has 3 nitrogen and oxygen atoms in total. The van der Waals surface area contributed by atoms with Crippen LogP contribution in [-0.4, -0.2) is 5.91 Å². The molecule has 0 saturated carbocycles. The highest BCUT2D eigenvalue weighted by atomic mass is 32.1. The summed E-state index contributed by atoms with van der Waals surface area (Å²) in [5.74, 6) is 0.801. The maximum Gasteiger partial charge on any atom is 0.220 e. The zero-order valence-corrected chi connectivity index (χ0v) is 13.6. The Morgan fingerprint density at radius 3 is 2.65 bits per heavy atom. The van der Waals surface area contributed by atoms with Gasteiger partial charge in [-0.15, -0.1) is 11.3 Å². The first-order valence-electron chi connectivity index (χ1n) is 7.73. The number of aryl methyl sites for hydroxylation is 1. The second kappa shape index (κ2) is 7.79. The first-order chi connectivity index (χ1) is 11.3. The number of benzene rings is 1. The standard InChI is InChI=1S/C19H19NO2S/c21-18(12-4-9-16-10-6-14-23-16)20-19(17-11-5-13-22-17)15-7-2-1-3-8-15/h1-3,5-8,10-11,13-14,19H,4,9,12H2,(H,20,21). The zero-order chi connectivity index (χ0) is 15.9. The number of amides is 1. The molecule has 1 atom stereocenters. The second-order valence-electron chi connectivity index (χ2n) is 5.36. The number of carbonyl (C=O) groups is 1. The highest BCUT2D eigenvalue weighted by Crippen LogP contribution is 2.22. The van der Waals surface area contributed by atoms with E-state index in [4.69, 9.17) is 4.42 Å². The van der Waals surface area contributed by atoms with Gasteiger partial charge in [-0.1, -0.05) is 36.4 Å². The van der Waals surface area contributed by atoms with Crippen LogP contribution in [0.15, 0.2) is 70.7 Å². The maximum atomic E-state index is 12.3. The molecule has 2 aromatic heterocycles. The molecule has 0 aliphatic carbocycles. The largest absolute Gasteiger partial charge is 0.467 e. The van der Waals surface area contributed by atoms with Crippen LogP contribution >= 0.6 is 11.3 Å². The Bertz CT molecular complexity index is 705. The highest BCUT2D eigenvalue weighted by Gasteiger charge is 2.18. The monoisotopic (exact) mass is 325 g/mol. The summed E-state index contributed by atoms with van der Waals surface area (Å²) in [7, 11) is 0. The Hall–Kier alpha value is -2.33. The summed E-state index contributed by atoms with van der Waals surface area (Å²) < 4.78 is 5.50. The SMILES string of the molecule is O=C(CCCc1cccs1)NC(c1ccccc1)c1ccco1. The second-order valence-corrected chi connectivity index (χ2v) is 6.39. The summed E-state index contributed by atoms with van der Waals surface area (Å²) in [4.78, 5) is 13.6. The van der Waals surface area contributed by atoms with E-state index in [2.05, 4.69) is 16.8 Å². The molecule has 3 rings (SSSR count). The van der Waals surface area contributed by atoms with Gasteiger partial charge in [-0.3, -0.25) is 4.79 Å². The van der Waals surface area contributed by atoms with Crippen LogP contribution in [0.2, 0.25) is 0 Å². The van der Waals surface area contributed by atoms with Crippen molar-refractivity contribution < 1.29 is 9.21 Å². The van der Waals surface area contributed by atoms with Crippen molar-refractivity contribution in [3.63, 3.8) is 0 Å². The molecule has 0 saturated heterocycles. The Balaban J connectivity index is 1.61. The summed E-state index contributed by atoms with van der Waals surface area (Å²) in [5, 5.41) is 5.15. The fourth-order valence-electron chi connectivity index (χ4n) is 2.53. The van der Waals surface area contributed by atoms with Gasteiger partial charge in [0.2, 0.25) is 5.91 Å². The van der Waals surface area contributed by atoms with E-state index in [1.54, 1.807) is 17.6 Å².